The summed E-state index contributed by atoms with van der Waals surface area (Å²) in [6, 6.07) is 14.3. The highest BCUT2D eigenvalue weighted by Crippen LogP contribution is 2.34. The number of para-hydroxylation sites is 1. The van der Waals surface area contributed by atoms with Crippen LogP contribution in [-0.4, -0.2) is 32.0 Å². The van der Waals surface area contributed by atoms with Crippen molar-refractivity contribution in [2.24, 2.45) is 0 Å². The molecule has 1 amide bonds. The van der Waals surface area contributed by atoms with Crippen LogP contribution < -0.4 is 14.5 Å². The number of rotatable bonds is 3. The minimum atomic E-state index is -0.394. The second kappa shape index (κ2) is 6.30. The van der Waals surface area contributed by atoms with Gasteiger partial charge in [0, 0.05) is 17.8 Å². The summed E-state index contributed by atoms with van der Waals surface area (Å²) in [5.41, 5.74) is 1.44. The van der Waals surface area contributed by atoms with E-state index < -0.39 is 5.97 Å². The van der Waals surface area contributed by atoms with Gasteiger partial charge in [-0.1, -0.05) is 29.8 Å². The predicted octanol–water partition coefficient (Wildman–Crippen LogP) is 2.73. The molecule has 0 aliphatic carbocycles. The summed E-state index contributed by atoms with van der Waals surface area (Å²) in [6.45, 7) is 0.0789. The van der Waals surface area contributed by atoms with Gasteiger partial charge in [-0.25, -0.2) is 4.79 Å². The molecule has 0 unspecified atom stereocenters. The van der Waals surface area contributed by atoms with Crippen molar-refractivity contribution in [2.45, 2.75) is 0 Å². The molecule has 118 valence electrons. The molecule has 0 atom stereocenters. The zero-order chi connectivity index (χ0) is 16.4. The number of hydrogen-bond acceptors (Lipinski definition) is 4. The van der Waals surface area contributed by atoms with E-state index in [1.807, 2.05) is 30.3 Å². The number of halogens is 1. The fraction of sp³-hybridized carbons (Fsp3) is 0.176. The van der Waals surface area contributed by atoms with Crippen LogP contribution in [-0.2, 0) is 9.59 Å². The van der Waals surface area contributed by atoms with Gasteiger partial charge in [0.15, 0.2) is 5.75 Å². The number of hydrogen-bond donors (Lipinski definition) is 0. The van der Waals surface area contributed by atoms with E-state index >= 15 is 0 Å². The number of fused-ring (bicyclic) bond motifs is 1. The normalized spacial score (nSPS) is 13.3. The zero-order valence-electron chi connectivity index (χ0n) is 12.5. The molecule has 5 nitrogen and oxygen atoms in total. The van der Waals surface area contributed by atoms with Gasteiger partial charge in [0.2, 0.25) is 5.91 Å². The average Bonchev–Trinajstić information content (AvgIpc) is 2.55. The quantitative estimate of drug-likeness (QED) is 0.641. The number of carbonyl (C=O) groups is 2. The van der Waals surface area contributed by atoms with Gasteiger partial charge in [0.05, 0.1) is 12.2 Å². The molecule has 2 aromatic carbocycles. The number of anilines is 2. The molecule has 0 N–H and O–H groups in total. The molecule has 23 heavy (non-hydrogen) atoms. The minimum Gasteiger partial charge on any atom is -0.423 e. The zero-order valence-corrected chi connectivity index (χ0v) is 13.3. The molecule has 1 aliphatic rings. The van der Waals surface area contributed by atoms with Crippen molar-refractivity contribution < 1.29 is 14.3 Å². The van der Waals surface area contributed by atoms with Crippen LogP contribution >= 0.6 is 11.6 Å². The largest absolute Gasteiger partial charge is 0.423 e. The monoisotopic (exact) mass is 330 g/mol. The summed E-state index contributed by atoms with van der Waals surface area (Å²) in [4.78, 5) is 27.5. The predicted molar refractivity (Wildman–Crippen MR) is 89.2 cm³/mol. The van der Waals surface area contributed by atoms with Crippen LogP contribution in [0.5, 0.6) is 5.75 Å². The Labute approximate surface area is 139 Å². The van der Waals surface area contributed by atoms with Crippen molar-refractivity contribution >= 4 is 34.9 Å². The molecule has 0 bridgehead atoms. The highest BCUT2D eigenvalue weighted by atomic mass is 35.5. The van der Waals surface area contributed by atoms with Gasteiger partial charge < -0.3 is 14.5 Å². The summed E-state index contributed by atoms with van der Waals surface area (Å²) < 4.78 is 5.18. The van der Waals surface area contributed by atoms with E-state index in [9.17, 15) is 9.59 Å². The maximum absolute atomic E-state index is 12.5. The number of carbonyl (C=O) groups excluding carboxylic acids is 2. The minimum absolute atomic E-state index is 0.0156. The molecule has 2 aromatic rings. The first-order valence-corrected chi connectivity index (χ1v) is 7.49. The van der Waals surface area contributed by atoms with Crippen LogP contribution in [0.2, 0.25) is 5.02 Å². The molecule has 0 radical (unpaired) electrons. The third kappa shape index (κ3) is 3.29. The number of likely N-dealkylation sites (N-methyl/N-ethyl adjacent to an activating group) is 1. The maximum atomic E-state index is 12.5. The third-order valence-corrected chi connectivity index (χ3v) is 3.88. The van der Waals surface area contributed by atoms with E-state index in [0.717, 1.165) is 5.69 Å². The molecule has 0 aromatic heterocycles. The van der Waals surface area contributed by atoms with E-state index in [2.05, 4.69) is 0 Å². The molecule has 1 aliphatic heterocycles. The number of nitrogens with zero attached hydrogens (tertiary/aromatic N) is 2. The molecule has 0 saturated carbocycles. The van der Waals surface area contributed by atoms with Gasteiger partial charge >= 0.3 is 5.97 Å². The summed E-state index contributed by atoms with van der Waals surface area (Å²) in [5, 5.41) is 0.524. The Morgan fingerprint density at radius 1 is 1.26 bits per heavy atom. The Hall–Kier alpha value is -2.53. The van der Waals surface area contributed by atoms with Gasteiger partial charge in [-0.05, 0) is 30.3 Å². The second-order valence-electron chi connectivity index (χ2n) is 5.23. The lowest BCUT2D eigenvalue weighted by molar-refractivity contribution is -0.133. The highest BCUT2D eigenvalue weighted by molar-refractivity contribution is 6.31. The summed E-state index contributed by atoms with van der Waals surface area (Å²) in [7, 11) is 1.71. The van der Waals surface area contributed by atoms with Gasteiger partial charge in [0.1, 0.15) is 6.54 Å². The summed E-state index contributed by atoms with van der Waals surface area (Å²) in [6.07, 6.45) is 0. The molecular formula is C17H15ClN2O3. The number of ether oxygens (including phenoxy) is 1. The topological polar surface area (TPSA) is 49.9 Å². The van der Waals surface area contributed by atoms with Crippen LogP contribution in [0.4, 0.5) is 11.4 Å². The van der Waals surface area contributed by atoms with Crippen molar-refractivity contribution in [3.63, 3.8) is 0 Å². The van der Waals surface area contributed by atoms with E-state index in [1.54, 1.807) is 35.0 Å². The van der Waals surface area contributed by atoms with Crippen LogP contribution in [0, 0.1) is 0 Å². The number of benzene rings is 2. The lowest BCUT2D eigenvalue weighted by atomic mass is 10.2. The lowest BCUT2D eigenvalue weighted by Crippen LogP contribution is -2.44. The average molecular weight is 331 g/mol. The summed E-state index contributed by atoms with van der Waals surface area (Å²) >= 11 is 6.01. The molecule has 0 spiro atoms. The van der Waals surface area contributed by atoms with Crippen molar-refractivity contribution in [3.8, 4) is 5.75 Å². The summed E-state index contributed by atoms with van der Waals surface area (Å²) in [5.74, 6) is -0.104. The maximum Gasteiger partial charge on any atom is 0.331 e. The van der Waals surface area contributed by atoms with Crippen molar-refractivity contribution in [1.82, 2.24) is 0 Å². The molecule has 3 rings (SSSR count). The second-order valence-corrected chi connectivity index (χ2v) is 5.67. The first-order valence-electron chi connectivity index (χ1n) is 7.11. The smallest absolute Gasteiger partial charge is 0.331 e. The Bertz CT molecular complexity index is 749. The molecule has 1 heterocycles. The number of amides is 1. The van der Waals surface area contributed by atoms with Gasteiger partial charge in [0.25, 0.3) is 0 Å². The Kier molecular flexibility index (Phi) is 4.21. The number of esters is 1. The lowest BCUT2D eigenvalue weighted by Gasteiger charge is -2.30. The van der Waals surface area contributed by atoms with Gasteiger partial charge in [-0.15, -0.1) is 0 Å². The first kappa shape index (κ1) is 15.4. The third-order valence-electron chi connectivity index (χ3n) is 3.65. The van der Waals surface area contributed by atoms with Crippen molar-refractivity contribution in [2.75, 3.05) is 29.9 Å². The van der Waals surface area contributed by atoms with E-state index in [1.165, 1.54) is 0 Å². The fourth-order valence-corrected chi connectivity index (χ4v) is 2.59. The van der Waals surface area contributed by atoms with Crippen molar-refractivity contribution in [3.05, 3.63) is 53.6 Å². The van der Waals surface area contributed by atoms with Crippen LogP contribution in [0.15, 0.2) is 48.5 Å². The van der Waals surface area contributed by atoms with E-state index in [4.69, 9.17) is 16.3 Å². The molecular weight excluding hydrogens is 316 g/mol. The first-order chi connectivity index (χ1) is 11.0. The van der Waals surface area contributed by atoms with Crippen molar-refractivity contribution in [1.29, 1.82) is 0 Å². The van der Waals surface area contributed by atoms with Crippen LogP contribution in [0.3, 0.4) is 0 Å². The van der Waals surface area contributed by atoms with E-state index in [-0.39, 0.29) is 19.0 Å². The van der Waals surface area contributed by atoms with Crippen LogP contribution in [0.1, 0.15) is 0 Å². The van der Waals surface area contributed by atoms with Gasteiger partial charge in [-0.3, -0.25) is 4.79 Å². The Morgan fingerprint density at radius 3 is 2.74 bits per heavy atom. The highest BCUT2D eigenvalue weighted by Gasteiger charge is 2.27. The Balaban J connectivity index is 1.81. The van der Waals surface area contributed by atoms with Gasteiger partial charge in [-0.2, -0.15) is 0 Å². The van der Waals surface area contributed by atoms with Crippen LogP contribution in [0.25, 0.3) is 0 Å². The SMILES string of the molecule is CN(C(=O)CN1CC(=O)Oc2ccc(Cl)cc21)c1ccccc1. The fourth-order valence-electron chi connectivity index (χ4n) is 2.43. The van der Waals surface area contributed by atoms with E-state index in [0.29, 0.717) is 16.5 Å². The molecule has 6 heteroatoms. The standard InChI is InChI=1S/C17H15ClN2O3/c1-19(13-5-3-2-4-6-13)16(21)10-20-11-17(22)23-15-8-7-12(18)9-14(15)20/h2-9H,10-11H2,1H3. The molecule has 0 saturated heterocycles. The molecule has 0 fully saturated rings. The Morgan fingerprint density at radius 2 is 2.00 bits per heavy atom.